The van der Waals surface area contributed by atoms with Gasteiger partial charge in [0.15, 0.2) is 0 Å². The fourth-order valence-electron chi connectivity index (χ4n) is 2.93. The van der Waals surface area contributed by atoms with Gasteiger partial charge >= 0.3 is 0 Å². The zero-order chi connectivity index (χ0) is 20.5. The van der Waals surface area contributed by atoms with Crippen molar-refractivity contribution in [2.24, 2.45) is 0 Å². The van der Waals surface area contributed by atoms with Gasteiger partial charge in [0.2, 0.25) is 0 Å². The Labute approximate surface area is 176 Å². The molecule has 0 saturated carbocycles. The average Bonchev–Trinajstić information content (AvgIpc) is 3.47. The molecule has 0 radical (unpaired) electrons. The molecule has 0 bridgehead atoms. The molecule has 0 spiro atoms. The molecule has 1 unspecified atom stereocenters. The van der Waals surface area contributed by atoms with E-state index >= 15 is 0 Å². The molecule has 0 aliphatic rings. The highest BCUT2D eigenvalue weighted by molar-refractivity contribution is 7.13. The number of nitrogens with zero attached hydrogens (tertiary/aromatic N) is 6. The molecular formula is C20H20N6OS2. The van der Waals surface area contributed by atoms with Crippen LogP contribution in [0.15, 0.2) is 41.4 Å². The van der Waals surface area contributed by atoms with Crippen LogP contribution in [0, 0.1) is 13.8 Å². The summed E-state index contributed by atoms with van der Waals surface area (Å²) in [6.07, 6.45) is 3.29. The normalized spacial score (nSPS) is 12.1. The zero-order valence-corrected chi connectivity index (χ0v) is 18.2. The topological polar surface area (TPSA) is 76.8 Å². The van der Waals surface area contributed by atoms with Crippen LogP contribution in [0.25, 0.3) is 16.5 Å². The predicted octanol–water partition coefficient (Wildman–Crippen LogP) is 4.30. The van der Waals surface area contributed by atoms with Gasteiger partial charge in [-0.3, -0.25) is 4.79 Å². The standard InChI is InChI=1S/C20H20N6OS2/c1-12-11-29-18(23-12)14(3)25(4)19(27)15-10-22-26(13(15)2)20-21-8-7-16(24-20)17-6-5-9-28-17/h5-11,14H,1-4H3. The smallest absolute Gasteiger partial charge is 0.257 e. The van der Waals surface area contributed by atoms with Crippen molar-refractivity contribution in [1.82, 2.24) is 29.6 Å². The Kier molecular flexibility index (Phi) is 5.25. The van der Waals surface area contributed by atoms with Gasteiger partial charge in [0.1, 0.15) is 5.01 Å². The first kappa shape index (κ1) is 19.4. The number of thiophene rings is 1. The van der Waals surface area contributed by atoms with Crippen molar-refractivity contribution in [3.63, 3.8) is 0 Å². The second kappa shape index (κ2) is 7.84. The minimum absolute atomic E-state index is 0.108. The first-order chi connectivity index (χ1) is 14.0. The maximum Gasteiger partial charge on any atom is 0.257 e. The summed E-state index contributed by atoms with van der Waals surface area (Å²) in [5.74, 6) is 0.335. The van der Waals surface area contributed by atoms with Gasteiger partial charge < -0.3 is 4.90 Å². The fraction of sp³-hybridized carbons (Fsp3) is 0.250. The molecule has 0 fully saturated rings. The van der Waals surface area contributed by atoms with Crippen LogP contribution in [0.5, 0.6) is 0 Å². The Balaban J connectivity index is 1.62. The fourth-order valence-corrected chi connectivity index (χ4v) is 4.52. The molecule has 4 heterocycles. The molecule has 0 aliphatic heterocycles. The minimum atomic E-state index is -0.123. The highest BCUT2D eigenvalue weighted by Crippen LogP contribution is 2.26. The van der Waals surface area contributed by atoms with Gasteiger partial charge in [-0.15, -0.1) is 22.7 Å². The van der Waals surface area contributed by atoms with E-state index in [9.17, 15) is 4.79 Å². The lowest BCUT2D eigenvalue weighted by molar-refractivity contribution is 0.0741. The van der Waals surface area contributed by atoms with Crippen LogP contribution in [0.2, 0.25) is 0 Å². The molecule has 0 saturated heterocycles. The van der Waals surface area contributed by atoms with Gasteiger partial charge in [-0.2, -0.15) is 5.10 Å². The van der Waals surface area contributed by atoms with Crippen molar-refractivity contribution in [2.45, 2.75) is 26.8 Å². The SMILES string of the molecule is Cc1csc(C(C)N(C)C(=O)c2cnn(-c3nccc(-c4cccs4)n3)c2C)n1. The van der Waals surface area contributed by atoms with Gasteiger partial charge in [0, 0.05) is 24.3 Å². The Hall–Kier alpha value is -2.91. The molecule has 0 aliphatic carbocycles. The van der Waals surface area contributed by atoms with Crippen molar-refractivity contribution >= 4 is 28.6 Å². The van der Waals surface area contributed by atoms with Gasteiger partial charge in [-0.1, -0.05) is 6.07 Å². The van der Waals surface area contributed by atoms with E-state index in [1.165, 1.54) is 0 Å². The molecule has 7 nitrogen and oxygen atoms in total. The molecule has 0 N–H and O–H groups in total. The van der Waals surface area contributed by atoms with Crippen molar-refractivity contribution in [1.29, 1.82) is 0 Å². The summed E-state index contributed by atoms with van der Waals surface area (Å²) in [6, 6.07) is 5.74. The lowest BCUT2D eigenvalue weighted by Crippen LogP contribution is -2.30. The number of aryl methyl sites for hydroxylation is 1. The third kappa shape index (κ3) is 3.70. The molecule has 4 aromatic heterocycles. The Bertz CT molecular complexity index is 1150. The van der Waals surface area contributed by atoms with Crippen molar-refractivity contribution in [3.05, 3.63) is 63.3 Å². The number of hydrogen-bond donors (Lipinski definition) is 0. The number of aromatic nitrogens is 5. The minimum Gasteiger partial charge on any atom is -0.332 e. The molecule has 29 heavy (non-hydrogen) atoms. The molecule has 1 atom stereocenters. The van der Waals surface area contributed by atoms with Gasteiger partial charge in [0.25, 0.3) is 11.9 Å². The van der Waals surface area contributed by atoms with Crippen LogP contribution < -0.4 is 0 Å². The van der Waals surface area contributed by atoms with E-state index in [2.05, 4.69) is 20.1 Å². The third-order valence-corrected chi connectivity index (χ3v) is 6.77. The molecule has 148 valence electrons. The van der Waals surface area contributed by atoms with E-state index in [1.54, 1.807) is 51.7 Å². The highest BCUT2D eigenvalue weighted by Gasteiger charge is 2.25. The van der Waals surface area contributed by atoms with E-state index in [4.69, 9.17) is 0 Å². The van der Waals surface area contributed by atoms with Crippen LogP contribution in [-0.2, 0) is 0 Å². The van der Waals surface area contributed by atoms with Crippen molar-refractivity contribution in [3.8, 4) is 16.5 Å². The largest absolute Gasteiger partial charge is 0.332 e. The maximum absolute atomic E-state index is 13.1. The van der Waals surface area contributed by atoms with Crippen molar-refractivity contribution in [2.75, 3.05) is 7.05 Å². The lowest BCUT2D eigenvalue weighted by Gasteiger charge is -2.23. The van der Waals surface area contributed by atoms with E-state index in [-0.39, 0.29) is 11.9 Å². The Morgan fingerprint density at radius 3 is 2.72 bits per heavy atom. The monoisotopic (exact) mass is 424 g/mol. The molecular weight excluding hydrogens is 404 g/mol. The molecule has 1 amide bonds. The summed E-state index contributed by atoms with van der Waals surface area (Å²) in [5.41, 5.74) is 3.02. The van der Waals surface area contributed by atoms with E-state index in [0.717, 1.165) is 21.3 Å². The van der Waals surface area contributed by atoms with Crippen LogP contribution >= 0.6 is 22.7 Å². The van der Waals surface area contributed by atoms with Gasteiger partial charge in [-0.25, -0.2) is 19.6 Å². The number of rotatable bonds is 5. The van der Waals surface area contributed by atoms with E-state index < -0.39 is 0 Å². The second-order valence-corrected chi connectivity index (χ2v) is 8.53. The quantitative estimate of drug-likeness (QED) is 0.477. The maximum atomic E-state index is 13.1. The Morgan fingerprint density at radius 1 is 1.21 bits per heavy atom. The third-order valence-electron chi connectivity index (χ3n) is 4.74. The van der Waals surface area contributed by atoms with Crippen LogP contribution in [0.1, 0.15) is 39.7 Å². The molecule has 0 aromatic carbocycles. The van der Waals surface area contributed by atoms with Crippen LogP contribution in [0.4, 0.5) is 0 Å². The summed E-state index contributed by atoms with van der Waals surface area (Å²) in [5, 5.41) is 9.29. The highest BCUT2D eigenvalue weighted by atomic mass is 32.1. The van der Waals surface area contributed by atoms with Gasteiger partial charge in [0.05, 0.1) is 34.1 Å². The molecule has 9 heteroatoms. The predicted molar refractivity (Wildman–Crippen MR) is 115 cm³/mol. The average molecular weight is 425 g/mol. The number of carbonyl (C=O) groups excluding carboxylic acids is 1. The summed E-state index contributed by atoms with van der Waals surface area (Å²) in [6.45, 7) is 5.78. The molecule has 4 aromatic rings. The lowest BCUT2D eigenvalue weighted by atomic mass is 10.2. The first-order valence-electron chi connectivity index (χ1n) is 9.07. The Morgan fingerprint density at radius 2 is 2.03 bits per heavy atom. The summed E-state index contributed by atoms with van der Waals surface area (Å²) in [7, 11) is 1.79. The summed E-state index contributed by atoms with van der Waals surface area (Å²) < 4.78 is 1.61. The zero-order valence-electron chi connectivity index (χ0n) is 16.5. The number of amides is 1. The van der Waals surface area contributed by atoms with E-state index in [0.29, 0.717) is 17.2 Å². The van der Waals surface area contributed by atoms with Crippen molar-refractivity contribution < 1.29 is 4.79 Å². The van der Waals surface area contributed by atoms with E-state index in [1.807, 2.05) is 49.7 Å². The second-order valence-electron chi connectivity index (χ2n) is 6.69. The summed E-state index contributed by atoms with van der Waals surface area (Å²) >= 11 is 3.18. The molecule has 4 rings (SSSR count). The number of carbonyl (C=O) groups is 1. The van der Waals surface area contributed by atoms with Crippen LogP contribution in [0.3, 0.4) is 0 Å². The number of thiazole rings is 1. The summed E-state index contributed by atoms with van der Waals surface area (Å²) in [4.78, 5) is 29.3. The first-order valence-corrected chi connectivity index (χ1v) is 10.8. The van der Waals surface area contributed by atoms with Gasteiger partial charge in [-0.05, 0) is 38.3 Å². The van der Waals surface area contributed by atoms with Crippen LogP contribution in [-0.4, -0.2) is 42.6 Å². The number of hydrogen-bond acceptors (Lipinski definition) is 7.